The molecule has 1 aliphatic rings. The molecule has 1 heterocycles. The third kappa shape index (κ3) is 4.97. The highest BCUT2D eigenvalue weighted by Gasteiger charge is 2.37. The third-order valence-corrected chi connectivity index (χ3v) is 5.32. The summed E-state index contributed by atoms with van der Waals surface area (Å²) in [5.74, 6) is -2.28. The van der Waals surface area contributed by atoms with Gasteiger partial charge in [-0.1, -0.05) is 22.0 Å². The molecule has 1 aliphatic heterocycles. The first-order valence-corrected chi connectivity index (χ1v) is 10.3. The smallest absolute Gasteiger partial charge is 0.341 e. The molecule has 2 N–H and O–H groups in total. The van der Waals surface area contributed by atoms with E-state index in [2.05, 4.69) is 21.2 Å². The van der Waals surface area contributed by atoms with E-state index in [1.807, 2.05) is 6.92 Å². The Bertz CT molecular complexity index is 1140. The van der Waals surface area contributed by atoms with Crippen molar-refractivity contribution in [3.63, 3.8) is 0 Å². The van der Waals surface area contributed by atoms with Gasteiger partial charge in [-0.2, -0.15) is 0 Å². The number of ether oxygens (including phenoxy) is 2. The number of nitrogens with zero attached hydrogens (tertiary/aromatic N) is 1. The molecular weight excluding hydrogens is 484 g/mol. The molecule has 1 fully saturated rings. The Morgan fingerprint density at radius 3 is 2.53 bits per heavy atom. The minimum atomic E-state index is -1.14. The molecule has 166 valence electrons. The van der Waals surface area contributed by atoms with E-state index in [0.29, 0.717) is 11.3 Å². The number of hydrogen-bond acceptors (Lipinski definition) is 6. The molecular formula is C22H19BrN2O7. The number of barbiturate groups is 1. The average molecular weight is 503 g/mol. The molecule has 0 aliphatic carbocycles. The SMILES string of the molecule is CCOc1cc(/C=C2/C(=O)NC(=O)N(c3ccc(Br)c(C)c3)C2=O)ccc1OCC(=O)O. The first kappa shape index (κ1) is 23.0. The molecule has 0 aromatic heterocycles. The first-order valence-electron chi connectivity index (χ1n) is 9.50. The fraction of sp³-hybridized carbons (Fsp3) is 0.182. The Morgan fingerprint density at radius 1 is 1.12 bits per heavy atom. The van der Waals surface area contributed by atoms with Crippen LogP contribution in [0.15, 0.2) is 46.4 Å². The molecule has 4 amide bonds. The summed E-state index contributed by atoms with van der Waals surface area (Å²) in [6.45, 7) is 3.29. The number of halogens is 1. The van der Waals surface area contributed by atoms with Crippen LogP contribution in [0, 0.1) is 6.92 Å². The lowest BCUT2D eigenvalue weighted by molar-refractivity contribution is -0.139. The number of imide groups is 2. The van der Waals surface area contributed by atoms with Crippen molar-refractivity contribution in [2.45, 2.75) is 13.8 Å². The lowest BCUT2D eigenvalue weighted by Crippen LogP contribution is -2.54. The predicted molar refractivity (Wildman–Crippen MR) is 119 cm³/mol. The van der Waals surface area contributed by atoms with Gasteiger partial charge in [0.25, 0.3) is 11.8 Å². The van der Waals surface area contributed by atoms with E-state index in [-0.39, 0.29) is 23.7 Å². The van der Waals surface area contributed by atoms with Crippen LogP contribution in [0.2, 0.25) is 0 Å². The monoisotopic (exact) mass is 502 g/mol. The normalized spacial score (nSPS) is 15.0. The fourth-order valence-corrected chi connectivity index (χ4v) is 3.21. The highest BCUT2D eigenvalue weighted by Crippen LogP contribution is 2.31. The number of carboxylic acids is 1. The van der Waals surface area contributed by atoms with Crippen LogP contribution in [0.3, 0.4) is 0 Å². The number of anilines is 1. The maximum atomic E-state index is 13.0. The maximum absolute atomic E-state index is 13.0. The number of carboxylic acid groups (broad SMARTS) is 1. The molecule has 0 bridgehead atoms. The summed E-state index contributed by atoms with van der Waals surface area (Å²) in [4.78, 5) is 49.5. The first-order chi connectivity index (χ1) is 15.2. The number of nitrogens with one attached hydrogen (secondary N) is 1. The molecule has 0 radical (unpaired) electrons. The second-order valence-corrected chi connectivity index (χ2v) is 7.57. The number of hydrogen-bond donors (Lipinski definition) is 2. The van der Waals surface area contributed by atoms with Crippen LogP contribution in [-0.4, -0.2) is 42.1 Å². The maximum Gasteiger partial charge on any atom is 0.341 e. The van der Waals surface area contributed by atoms with E-state index in [0.717, 1.165) is 14.9 Å². The van der Waals surface area contributed by atoms with Crippen molar-refractivity contribution < 1.29 is 33.8 Å². The largest absolute Gasteiger partial charge is 0.490 e. The van der Waals surface area contributed by atoms with E-state index in [4.69, 9.17) is 14.6 Å². The van der Waals surface area contributed by atoms with Gasteiger partial charge < -0.3 is 14.6 Å². The summed E-state index contributed by atoms with van der Waals surface area (Å²) in [7, 11) is 0. The summed E-state index contributed by atoms with van der Waals surface area (Å²) >= 11 is 3.37. The molecule has 0 spiro atoms. The van der Waals surface area contributed by atoms with Gasteiger partial charge in [-0.3, -0.25) is 14.9 Å². The molecule has 0 saturated carbocycles. The molecule has 0 unspecified atom stereocenters. The van der Waals surface area contributed by atoms with Crippen molar-refractivity contribution in [2.75, 3.05) is 18.1 Å². The number of aliphatic carboxylic acids is 1. The number of carbonyl (C=O) groups is 4. The van der Waals surface area contributed by atoms with E-state index >= 15 is 0 Å². The molecule has 2 aromatic rings. The zero-order valence-electron chi connectivity index (χ0n) is 17.2. The van der Waals surface area contributed by atoms with Gasteiger partial charge >= 0.3 is 12.0 Å². The van der Waals surface area contributed by atoms with Gasteiger partial charge in [0.05, 0.1) is 12.3 Å². The van der Waals surface area contributed by atoms with Crippen molar-refractivity contribution in [3.05, 3.63) is 57.6 Å². The predicted octanol–water partition coefficient (Wildman–Crippen LogP) is 3.29. The quantitative estimate of drug-likeness (QED) is 0.439. The summed E-state index contributed by atoms with van der Waals surface area (Å²) in [5, 5.41) is 11.0. The van der Waals surface area contributed by atoms with E-state index in [1.165, 1.54) is 24.3 Å². The Morgan fingerprint density at radius 2 is 1.88 bits per heavy atom. The Hall–Kier alpha value is -3.66. The minimum absolute atomic E-state index is 0.206. The standard InChI is InChI=1S/C22H19BrN2O7/c1-3-31-18-10-13(4-7-17(18)32-11-19(26)27)9-15-20(28)24-22(30)25(21(15)29)14-5-6-16(23)12(2)8-14/h4-10H,3,11H2,1-2H3,(H,26,27)(H,24,28,30)/b15-9-. The number of urea groups is 1. The van der Waals surface area contributed by atoms with Crippen LogP contribution >= 0.6 is 15.9 Å². The highest BCUT2D eigenvalue weighted by molar-refractivity contribution is 9.10. The molecule has 9 nitrogen and oxygen atoms in total. The van der Waals surface area contributed by atoms with Gasteiger partial charge in [-0.15, -0.1) is 0 Å². The molecule has 0 atom stereocenters. The van der Waals surface area contributed by atoms with Crippen molar-refractivity contribution in [1.29, 1.82) is 0 Å². The summed E-state index contributed by atoms with van der Waals surface area (Å²) in [6.07, 6.45) is 1.33. The number of amides is 4. The highest BCUT2D eigenvalue weighted by atomic mass is 79.9. The molecule has 32 heavy (non-hydrogen) atoms. The Balaban J connectivity index is 1.97. The number of rotatable bonds is 7. The van der Waals surface area contributed by atoms with Crippen LogP contribution in [0.5, 0.6) is 11.5 Å². The summed E-state index contributed by atoms with van der Waals surface area (Å²) < 4.78 is 11.5. The number of carbonyl (C=O) groups excluding carboxylic acids is 3. The lowest BCUT2D eigenvalue weighted by Gasteiger charge is -2.26. The average Bonchev–Trinajstić information content (AvgIpc) is 2.73. The molecule has 3 rings (SSSR count). The minimum Gasteiger partial charge on any atom is -0.490 e. The van der Waals surface area contributed by atoms with E-state index in [1.54, 1.807) is 25.1 Å². The van der Waals surface area contributed by atoms with Crippen molar-refractivity contribution >= 4 is 51.5 Å². The third-order valence-electron chi connectivity index (χ3n) is 4.43. The van der Waals surface area contributed by atoms with Gasteiger partial charge in [0.15, 0.2) is 18.1 Å². The van der Waals surface area contributed by atoms with Gasteiger partial charge in [-0.25, -0.2) is 14.5 Å². The van der Waals surface area contributed by atoms with E-state index < -0.39 is 30.4 Å². The van der Waals surface area contributed by atoms with Crippen LogP contribution in [-0.2, 0) is 14.4 Å². The Kier molecular flexibility index (Phi) is 6.94. The second kappa shape index (κ2) is 9.65. The summed E-state index contributed by atoms with van der Waals surface area (Å²) in [6, 6.07) is 8.63. The van der Waals surface area contributed by atoms with Crippen LogP contribution in [0.4, 0.5) is 10.5 Å². The van der Waals surface area contributed by atoms with Gasteiger partial charge in [0.1, 0.15) is 5.57 Å². The van der Waals surface area contributed by atoms with Gasteiger partial charge in [0.2, 0.25) is 0 Å². The zero-order valence-corrected chi connectivity index (χ0v) is 18.8. The topological polar surface area (TPSA) is 122 Å². The summed E-state index contributed by atoms with van der Waals surface area (Å²) in [5.41, 5.74) is 1.31. The van der Waals surface area contributed by atoms with Crippen molar-refractivity contribution in [3.8, 4) is 11.5 Å². The lowest BCUT2D eigenvalue weighted by atomic mass is 10.1. The molecule has 10 heteroatoms. The van der Waals surface area contributed by atoms with Crippen molar-refractivity contribution in [2.24, 2.45) is 0 Å². The van der Waals surface area contributed by atoms with Gasteiger partial charge in [0, 0.05) is 4.47 Å². The fourth-order valence-electron chi connectivity index (χ4n) is 2.97. The van der Waals surface area contributed by atoms with Crippen LogP contribution in [0.25, 0.3) is 6.08 Å². The van der Waals surface area contributed by atoms with E-state index in [9.17, 15) is 19.2 Å². The van der Waals surface area contributed by atoms with Gasteiger partial charge in [-0.05, 0) is 61.4 Å². The molecule has 2 aromatic carbocycles. The number of aryl methyl sites for hydroxylation is 1. The molecule has 1 saturated heterocycles. The van der Waals surface area contributed by atoms with Crippen molar-refractivity contribution in [1.82, 2.24) is 5.32 Å². The zero-order chi connectivity index (χ0) is 23.4. The second-order valence-electron chi connectivity index (χ2n) is 6.71. The number of benzene rings is 2. The van der Waals surface area contributed by atoms with Crippen LogP contribution in [0.1, 0.15) is 18.1 Å². The van der Waals surface area contributed by atoms with Crippen LogP contribution < -0.4 is 19.7 Å². The Labute approximate surface area is 191 Å².